The molecule has 2 fully saturated rings. The third-order valence-electron chi connectivity index (χ3n) is 6.28. The van der Waals surface area contributed by atoms with Crippen LogP contribution in [0.5, 0.6) is 0 Å². The second kappa shape index (κ2) is 8.22. The molecule has 3 amide bonds. The molecule has 0 aromatic heterocycles. The van der Waals surface area contributed by atoms with Crippen LogP contribution in [0.2, 0.25) is 0 Å². The van der Waals surface area contributed by atoms with Crippen LogP contribution in [0.15, 0.2) is 18.2 Å². The molecule has 2 saturated heterocycles. The Hall–Kier alpha value is -2.29. The van der Waals surface area contributed by atoms with Crippen LogP contribution >= 0.6 is 0 Å². The molecule has 3 heterocycles. The first kappa shape index (κ1) is 20.0. The summed E-state index contributed by atoms with van der Waals surface area (Å²) in [6.45, 7) is 4.98. The van der Waals surface area contributed by atoms with Gasteiger partial charge in [-0.1, -0.05) is 12.1 Å². The van der Waals surface area contributed by atoms with Crippen LogP contribution in [-0.4, -0.2) is 77.7 Å². The normalized spacial score (nSPS) is 26.0. The average Bonchev–Trinajstić information content (AvgIpc) is 3.00. The molecule has 0 aliphatic carbocycles. The lowest BCUT2D eigenvalue weighted by Gasteiger charge is -2.40. The summed E-state index contributed by atoms with van der Waals surface area (Å²) < 4.78 is 0. The number of hydrogen-bond acceptors (Lipinski definition) is 6. The fourth-order valence-corrected chi connectivity index (χ4v) is 4.68. The smallest absolute Gasteiger partial charge is 0.255 e. The number of nitrogens with zero attached hydrogens (tertiary/aromatic N) is 3. The first-order valence-corrected chi connectivity index (χ1v) is 10.4. The molecule has 0 radical (unpaired) electrons. The lowest BCUT2D eigenvalue weighted by atomic mass is 10.0. The van der Waals surface area contributed by atoms with Crippen molar-refractivity contribution in [2.45, 2.75) is 44.4 Å². The van der Waals surface area contributed by atoms with E-state index in [2.05, 4.69) is 28.2 Å². The van der Waals surface area contributed by atoms with E-state index >= 15 is 0 Å². The van der Waals surface area contributed by atoms with Crippen molar-refractivity contribution in [3.63, 3.8) is 0 Å². The number of carbonyl (C=O) groups is 3. The van der Waals surface area contributed by atoms with Gasteiger partial charge >= 0.3 is 0 Å². The SMILES string of the molecule is CN1CCN(Cc2ccc3c(c2)CN(C2CCC(=O)NC2=O)C3=O)C(CCN)C1. The number of piperazine rings is 1. The highest BCUT2D eigenvalue weighted by molar-refractivity contribution is 6.05. The number of carbonyl (C=O) groups excluding carboxylic acids is 3. The van der Waals surface area contributed by atoms with Gasteiger partial charge < -0.3 is 15.5 Å². The van der Waals surface area contributed by atoms with Gasteiger partial charge in [-0.15, -0.1) is 0 Å². The molecule has 8 nitrogen and oxygen atoms in total. The Balaban J connectivity index is 1.47. The summed E-state index contributed by atoms with van der Waals surface area (Å²) in [5.74, 6) is -0.761. The first-order chi connectivity index (χ1) is 14.0. The molecule has 4 rings (SSSR count). The van der Waals surface area contributed by atoms with E-state index in [1.807, 2.05) is 12.1 Å². The zero-order valence-electron chi connectivity index (χ0n) is 16.9. The Morgan fingerprint density at radius 2 is 2.03 bits per heavy atom. The van der Waals surface area contributed by atoms with Crippen molar-refractivity contribution in [3.8, 4) is 0 Å². The number of piperidine rings is 1. The van der Waals surface area contributed by atoms with Gasteiger partial charge in [0.15, 0.2) is 0 Å². The monoisotopic (exact) mass is 399 g/mol. The van der Waals surface area contributed by atoms with E-state index in [0.29, 0.717) is 31.1 Å². The molecule has 3 aliphatic rings. The largest absolute Gasteiger partial charge is 0.330 e. The van der Waals surface area contributed by atoms with Crippen LogP contribution in [0.25, 0.3) is 0 Å². The molecular formula is C21H29N5O3. The van der Waals surface area contributed by atoms with Crippen LogP contribution in [0.4, 0.5) is 0 Å². The minimum absolute atomic E-state index is 0.123. The molecule has 0 saturated carbocycles. The van der Waals surface area contributed by atoms with E-state index in [-0.39, 0.29) is 24.1 Å². The third kappa shape index (κ3) is 4.05. The number of hydrogen-bond donors (Lipinski definition) is 2. The van der Waals surface area contributed by atoms with Gasteiger partial charge in [0.1, 0.15) is 6.04 Å². The first-order valence-electron chi connectivity index (χ1n) is 10.4. The molecule has 3 N–H and O–H groups in total. The van der Waals surface area contributed by atoms with E-state index < -0.39 is 6.04 Å². The van der Waals surface area contributed by atoms with Crippen LogP contribution in [0, 0.1) is 0 Å². The molecule has 0 bridgehead atoms. The zero-order chi connectivity index (χ0) is 20.5. The van der Waals surface area contributed by atoms with Gasteiger partial charge in [-0.3, -0.25) is 24.6 Å². The summed E-state index contributed by atoms with van der Waals surface area (Å²) in [5.41, 5.74) is 8.61. The predicted molar refractivity (Wildman–Crippen MR) is 108 cm³/mol. The highest BCUT2D eigenvalue weighted by Crippen LogP contribution is 2.29. The lowest BCUT2D eigenvalue weighted by Crippen LogP contribution is -2.52. The third-order valence-corrected chi connectivity index (χ3v) is 6.28. The van der Waals surface area contributed by atoms with Gasteiger partial charge in [0.25, 0.3) is 5.91 Å². The fourth-order valence-electron chi connectivity index (χ4n) is 4.68. The summed E-state index contributed by atoms with van der Waals surface area (Å²) in [6.07, 6.45) is 1.63. The van der Waals surface area contributed by atoms with Crippen LogP contribution < -0.4 is 11.1 Å². The van der Waals surface area contributed by atoms with Crippen molar-refractivity contribution in [3.05, 3.63) is 34.9 Å². The van der Waals surface area contributed by atoms with Crippen molar-refractivity contribution in [1.29, 1.82) is 0 Å². The molecule has 29 heavy (non-hydrogen) atoms. The van der Waals surface area contributed by atoms with Crippen LogP contribution in [0.1, 0.15) is 40.7 Å². The maximum absolute atomic E-state index is 12.8. The number of rotatable bonds is 5. The fraction of sp³-hybridized carbons (Fsp3) is 0.571. The summed E-state index contributed by atoms with van der Waals surface area (Å²) in [7, 11) is 2.14. The quantitative estimate of drug-likeness (QED) is 0.672. The van der Waals surface area contributed by atoms with E-state index in [1.165, 1.54) is 5.56 Å². The lowest BCUT2D eigenvalue weighted by molar-refractivity contribution is -0.136. The maximum atomic E-state index is 12.8. The average molecular weight is 399 g/mol. The van der Waals surface area contributed by atoms with Crippen molar-refractivity contribution in [1.82, 2.24) is 20.0 Å². The molecule has 8 heteroatoms. The highest BCUT2D eigenvalue weighted by Gasteiger charge is 2.39. The number of nitrogens with two attached hydrogens (primary N) is 1. The summed E-state index contributed by atoms with van der Waals surface area (Å²) in [4.78, 5) is 42.9. The molecule has 0 spiro atoms. The van der Waals surface area contributed by atoms with Crippen molar-refractivity contribution in [2.75, 3.05) is 33.2 Å². The molecule has 1 aromatic rings. The molecule has 156 valence electrons. The predicted octanol–water partition coefficient (Wildman–Crippen LogP) is -0.0876. The van der Waals surface area contributed by atoms with Crippen molar-refractivity contribution >= 4 is 17.7 Å². The van der Waals surface area contributed by atoms with Gasteiger partial charge in [0.2, 0.25) is 11.8 Å². The zero-order valence-corrected chi connectivity index (χ0v) is 16.9. The Morgan fingerprint density at radius 1 is 1.21 bits per heavy atom. The van der Waals surface area contributed by atoms with E-state index in [0.717, 1.165) is 38.2 Å². The topological polar surface area (TPSA) is 99.0 Å². The van der Waals surface area contributed by atoms with E-state index in [9.17, 15) is 14.4 Å². The van der Waals surface area contributed by atoms with Crippen LogP contribution in [0.3, 0.4) is 0 Å². The second-order valence-corrected chi connectivity index (χ2v) is 8.36. The Morgan fingerprint density at radius 3 is 2.79 bits per heavy atom. The van der Waals surface area contributed by atoms with Crippen molar-refractivity contribution in [2.24, 2.45) is 5.73 Å². The summed E-state index contributed by atoms with van der Waals surface area (Å²) >= 11 is 0. The number of benzene rings is 1. The standard InChI is InChI=1S/C21H29N5O3/c1-24-8-9-25(16(13-24)6-7-22)11-14-2-3-17-15(10-14)12-26(21(17)29)18-4-5-19(27)23-20(18)28/h2-3,10,16,18H,4-9,11-13,22H2,1H3,(H,23,27,28). The Bertz CT molecular complexity index is 827. The number of nitrogens with one attached hydrogen (secondary N) is 1. The Kier molecular flexibility index (Phi) is 5.67. The summed E-state index contributed by atoms with van der Waals surface area (Å²) in [6, 6.07) is 5.86. The van der Waals surface area contributed by atoms with Gasteiger partial charge in [-0.25, -0.2) is 0 Å². The summed E-state index contributed by atoms with van der Waals surface area (Å²) in [5, 5.41) is 2.35. The highest BCUT2D eigenvalue weighted by atomic mass is 16.2. The minimum Gasteiger partial charge on any atom is -0.330 e. The molecule has 2 unspecified atom stereocenters. The Labute approximate surface area is 171 Å². The molecule has 3 aliphatic heterocycles. The minimum atomic E-state index is -0.567. The maximum Gasteiger partial charge on any atom is 0.255 e. The van der Waals surface area contributed by atoms with E-state index in [4.69, 9.17) is 5.73 Å². The molecule has 2 atom stereocenters. The van der Waals surface area contributed by atoms with Crippen molar-refractivity contribution < 1.29 is 14.4 Å². The number of amides is 3. The molecule has 1 aromatic carbocycles. The number of likely N-dealkylation sites (N-methyl/N-ethyl adjacent to an activating group) is 1. The molecular weight excluding hydrogens is 370 g/mol. The second-order valence-electron chi connectivity index (χ2n) is 8.36. The number of fused-ring (bicyclic) bond motifs is 1. The van der Waals surface area contributed by atoms with E-state index in [1.54, 1.807) is 4.90 Å². The van der Waals surface area contributed by atoms with Gasteiger partial charge in [0, 0.05) is 50.7 Å². The van der Waals surface area contributed by atoms with Crippen LogP contribution in [-0.2, 0) is 22.7 Å². The van der Waals surface area contributed by atoms with Gasteiger partial charge in [-0.05, 0) is 43.6 Å². The van der Waals surface area contributed by atoms with Gasteiger partial charge in [-0.2, -0.15) is 0 Å². The van der Waals surface area contributed by atoms with Gasteiger partial charge in [0.05, 0.1) is 0 Å². The number of imide groups is 1.